The van der Waals surface area contributed by atoms with Gasteiger partial charge in [0.15, 0.2) is 0 Å². The maximum absolute atomic E-state index is 6.53. The lowest BCUT2D eigenvalue weighted by Crippen LogP contribution is -2.41. The van der Waals surface area contributed by atoms with Gasteiger partial charge in [0.25, 0.3) is 0 Å². The van der Waals surface area contributed by atoms with Gasteiger partial charge in [-0.2, -0.15) is 5.10 Å². The number of hydrogen-bond donors (Lipinski definition) is 0. The van der Waals surface area contributed by atoms with Gasteiger partial charge in [-0.15, -0.1) is 10.3 Å². The van der Waals surface area contributed by atoms with Gasteiger partial charge in [-0.05, 0) is 47.1 Å². The number of aryl methyl sites for hydroxylation is 1. The summed E-state index contributed by atoms with van der Waals surface area (Å²) in [6.07, 6.45) is 4.42. The normalized spacial score (nSPS) is 19.3. The molecule has 0 aliphatic carbocycles. The van der Waals surface area contributed by atoms with Gasteiger partial charge in [-0.25, -0.2) is 0 Å². The van der Waals surface area contributed by atoms with Crippen LogP contribution in [0.15, 0.2) is 0 Å². The van der Waals surface area contributed by atoms with Gasteiger partial charge in [-0.3, -0.25) is 4.68 Å². The summed E-state index contributed by atoms with van der Waals surface area (Å²) in [6, 6.07) is 0. The largest absolute Gasteiger partial charge is 0.498 e. The van der Waals surface area contributed by atoms with Crippen molar-refractivity contribution in [3.05, 3.63) is 11.4 Å². The van der Waals surface area contributed by atoms with E-state index in [0.717, 1.165) is 16.9 Å². The van der Waals surface area contributed by atoms with E-state index in [9.17, 15) is 0 Å². The molecule has 180 valence electrons. The quantitative estimate of drug-likeness (QED) is 0.395. The van der Waals surface area contributed by atoms with Crippen molar-refractivity contribution in [2.24, 2.45) is 0 Å². The minimum absolute atomic E-state index is 0.0701. The molecule has 1 aliphatic heterocycles. The van der Waals surface area contributed by atoms with E-state index in [1.165, 1.54) is 0 Å². The van der Waals surface area contributed by atoms with Crippen LogP contribution in [0.2, 0.25) is 0 Å². The zero-order valence-corrected chi connectivity index (χ0v) is 22.3. The minimum Gasteiger partial charge on any atom is -0.399 e. The third kappa shape index (κ3) is 6.06. The Balaban J connectivity index is 2.31. The molecule has 1 aromatic heterocycles. The van der Waals surface area contributed by atoms with Crippen LogP contribution in [0.4, 0.5) is 0 Å². The molecule has 7 nitrogen and oxygen atoms in total. The second-order valence-corrected chi connectivity index (χ2v) is 14.4. The van der Waals surface area contributed by atoms with Gasteiger partial charge in [0, 0.05) is 17.3 Å². The average Bonchev–Trinajstić information content (AvgIpc) is 3.03. The maximum Gasteiger partial charge on any atom is 0.498 e. The van der Waals surface area contributed by atoms with Crippen molar-refractivity contribution in [3.63, 3.8) is 0 Å². The topological polar surface area (TPSA) is 64.0 Å². The molecule has 9 heteroatoms. The van der Waals surface area contributed by atoms with Crippen LogP contribution in [-0.4, -0.2) is 72.3 Å². The first kappa shape index (κ1) is 26.7. The van der Waals surface area contributed by atoms with Gasteiger partial charge in [-0.1, -0.05) is 20.8 Å². The van der Waals surface area contributed by atoms with Gasteiger partial charge < -0.3 is 23.0 Å². The fourth-order valence-corrected chi connectivity index (χ4v) is 3.78. The molecule has 0 atom stereocenters. The monoisotopic (exact) mass is 458 g/mol. The summed E-state index contributed by atoms with van der Waals surface area (Å²) < 4.78 is 32.1. The highest BCUT2D eigenvalue weighted by Gasteiger charge is 2.53. The molecule has 0 unspecified atom stereocenters. The molecule has 0 bridgehead atoms. The molecule has 0 amide bonds. The molecule has 2 heterocycles. The number of rotatable bonds is 10. The van der Waals surface area contributed by atoms with Gasteiger partial charge in [0.2, 0.25) is 0 Å². The van der Waals surface area contributed by atoms with Crippen molar-refractivity contribution in [2.75, 3.05) is 39.4 Å². The van der Waals surface area contributed by atoms with Crippen molar-refractivity contribution in [3.8, 4) is 0 Å². The molecule has 2 rings (SSSR count). The summed E-state index contributed by atoms with van der Waals surface area (Å²) in [7, 11) is -0.0927. The first-order chi connectivity index (χ1) is 14.1. The Morgan fingerprint density at radius 2 is 1.61 bits per heavy atom. The Labute approximate surface area is 191 Å². The highest BCUT2D eigenvalue weighted by atomic mass is 32.3. The molecule has 0 radical (unpaired) electrons. The van der Waals surface area contributed by atoms with Crippen LogP contribution in [0.25, 0.3) is 0 Å². The molecule has 0 saturated carbocycles. The number of hydrogen-bond acceptors (Lipinski definition) is 6. The third-order valence-electron chi connectivity index (χ3n) is 6.62. The molecule has 0 aromatic carbocycles. The van der Waals surface area contributed by atoms with E-state index in [-0.39, 0.29) is 4.75 Å². The number of nitrogens with zero attached hydrogens (tertiary/aromatic N) is 2. The summed E-state index contributed by atoms with van der Waals surface area (Å²) in [5.74, 6) is 0. The fourth-order valence-electron chi connectivity index (χ4n) is 3.02. The molecular weight excluding hydrogens is 415 g/mol. The second kappa shape index (κ2) is 9.73. The predicted octanol–water partition coefficient (Wildman–Crippen LogP) is 3.45. The van der Waals surface area contributed by atoms with E-state index in [2.05, 4.69) is 61.0 Å². The van der Waals surface area contributed by atoms with Gasteiger partial charge >= 0.3 is 7.12 Å². The molecular formula is C22H43BN2O5S. The number of ether oxygens (including phenoxy) is 2. The van der Waals surface area contributed by atoms with E-state index in [1.807, 2.05) is 11.6 Å². The molecule has 31 heavy (non-hydrogen) atoms. The summed E-state index contributed by atoms with van der Waals surface area (Å²) in [5, 5.41) is 4.81. The third-order valence-corrected chi connectivity index (χ3v) is 10.3. The summed E-state index contributed by atoms with van der Waals surface area (Å²) >= 11 is 0. The average molecular weight is 458 g/mol. The predicted molar refractivity (Wildman–Crippen MR) is 129 cm³/mol. The fraction of sp³-hybridized carbons (Fsp3) is 0.864. The Hall–Kier alpha value is -0.575. The molecule has 1 saturated heterocycles. The van der Waals surface area contributed by atoms with E-state index in [1.54, 1.807) is 7.11 Å². The highest BCUT2D eigenvalue weighted by Crippen LogP contribution is 2.54. The van der Waals surface area contributed by atoms with Crippen LogP contribution in [0.3, 0.4) is 0 Å². The summed E-state index contributed by atoms with van der Waals surface area (Å²) in [4.78, 5) is 0. The smallest absolute Gasteiger partial charge is 0.399 e. The summed E-state index contributed by atoms with van der Waals surface area (Å²) in [5.41, 5.74) is 2.04. The molecule has 1 aliphatic rings. The van der Waals surface area contributed by atoms with Crippen LogP contribution in [-0.2, 0) is 36.1 Å². The Kier molecular flexibility index (Phi) is 8.37. The number of methoxy groups -OCH3 is 1. The van der Waals surface area contributed by atoms with Crippen molar-refractivity contribution in [1.29, 1.82) is 0 Å². The van der Waals surface area contributed by atoms with Crippen LogP contribution in [0.5, 0.6) is 0 Å². The van der Waals surface area contributed by atoms with Gasteiger partial charge in [0.05, 0.1) is 49.0 Å². The Morgan fingerprint density at radius 1 is 1.03 bits per heavy atom. The molecule has 1 aromatic rings. The zero-order chi connectivity index (χ0) is 23.7. The Bertz CT molecular complexity index is 727. The molecule has 0 spiro atoms. The first-order valence-electron chi connectivity index (χ1n) is 11.0. The lowest BCUT2D eigenvalue weighted by Gasteiger charge is -2.43. The Morgan fingerprint density at radius 3 is 2.13 bits per heavy atom. The lowest BCUT2D eigenvalue weighted by atomic mass is 9.77. The van der Waals surface area contributed by atoms with Crippen molar-refractivity contribution in [1.82, 2.24) is 9.78 Å². The minimum atomic E-state index is -1.29. The first-order valence-corrected chi connectivity index (χ1v) is 13.4. The van der Waals surface area contributed by atoms with E-state index < -0.39 is 28.6 Å². The van der Waals surface area contributed by atoms with Crippen LogP contribution in [0.1, 0.15) is 59.9 Å². The van der Waals surface area contributed by atoms with E-state index in [0.29, 0.717) is 33.0 Å². The molecule has 1 fully saturated rings. The van der Waals surface area contributed by atoms with E-state index in [4.69, 9.17) is 28.1 Å². The maximum atomic E-state index is 6.53. The zero-order valence-electron chi connectivity index (χ0n) is 21.5. The highest BCUT2D eigenvalue weighted by molar-refractivity contribution is 8.29. The van der Waals surface area contributed by atoms with Gasteiger partial charge in [0.1, 0.15) is 6.61 Å². The SMILES string of the molecule is COCCOCCn1nc(C)c(B2OC(C)(C)C(C)(C)O2)c1COS(C)(C)C(C)(C)C. The molecule has 0 N–H and O–H groups in total. The van der Waals surface area contributed by atoms with Crippen molar-refractivity contribution < 1.29 is 23.0 Å². The van der Waals surface area contributed by atoms with Crippen molar-refractivity contribution >= 4 is 22.9 Å². The van der Waals surface area contributed by atoms with Crippen LogP contribution in [0, 0.1) is 6.92 Å². The lowest BCUT2D eigenvalue weighted by molar-refractivity contribution is 0.00578. The summed E-state index contributed by atoms with van der Waals surface area (Å²) in [6.45, 7) is 19.7. The second-order valence-electron chi connectivity index (χ2n) is 10.5. The van der Waals surface area contributed by atoms with E-state index >= 15 is 0 Å². The van der Waals surface area contributed by atoms with Crippen LogP contribution >= 0.6 is 10.3 Å². The number of aromatic nitrogens is 2. The standard InChI is InChI=1S/C22H43BN2O5S/c1-17-19(23-29-21(5,6)22(7,8)30-23)18(16-28-31(10,11)20(2,3)4)25(24-17)12-13-27-15-14-26-9/h12-16H2,1-11H3. The van der Waals surface area contributed by atoms with Crippen molar-refractivity contribution in [2.45, 2.75) is 84.5 Å². The van der Waals surface area contributed by atoms with Crippen LogP contribution < -0.4 is 5.46 Å².